The minimum Gasteiger partial charge on any atom is -0.479 e. The molecule has 118 valence electrons. The lowest BCUT2D eigenvalue weighted by Crippen LogP contribution is -2.37. The van der Waals surface area contributed by atoms with E-state index in [0.29, 0.717) is 29.8 Å². The summed E-state index contributed by atoms with van der Waals surface area (Å²) in [5.41, 5.74) is 6.57. The van der Waals surface area contributed by atoms with Gasteiger partial charge in [0.05, 0.1) is 5.02 Å². The molecule has 1 amide bonds. The smallest absolute Gasteiger partial charge is 0.260 e. The first-order chi connectivity index (χ1) is 9.93. The average Bonchev–Trinajstić information content (AvgIpc) is 2.41. The van der Waals surface area contributed by atoms with E-state index in [4.69, 9.17) is 22.1 Å². The Morgan fingerprint density at radius 3 is 2.67 bits per heavy atom. The highest BCUT2D eigenvalue weighted by Gasteiger charge is 2.15. The van der Waals surface area contributed by atoms with E-state index in [1.165, 1.54) is 0 Å². The number of amides is 1. The molecule has 5 heteroatoms. The molecule has 1 rings (SSSR count). The van der Waals surface area contributed by atoms with E-state index < -0.39 is 6.10 Å². The van der Waals surface area contributed by atoms with E-state index in [9.17, 15) is 4.79 Å². The fourth-order valence-electron chi connectivity index (χ4n) is 1.83. The Bertz CT molecular complexity index is 464. The summed E-state index contributed by atoms with van der Waals surface area (Å²) in [5.74, 6) is 0.952. The fraction of sp³-hybridized carbons (Fsp3) is 0.562. The fourth-order valence-corrected chi connectivity index (χ4v) is 2.08. The van der Waals surface area contributed by atoms with Gasteiger partial charge in [0.2, 0.25) is 0 Å². The van der Waals surface area contributed by atoms with Crippen molar-refractivity contribution in [1.82, 2.24) is 5.32 Å². The quantitative estimate of drug-likeness (QED) is 0.776. The van der Waals surface area contributed by atoms with Crippen LogP contribution in [-0.4, -0.2) is 25.1 Å². The van der Waals surface area contributed by atoms with Gasteiger partial charge in [-0.05, 0) is 49.9 Å². The number of carbonyl (C=O) groups is 1. The molecule has 1 unspecified atom stereocenters. The molecule has 1 aromatic rings. The number of halogens is 1. The van der Waals surface area contributed by atoms with Gasteiger partial charge in [0.15, 0.2) is 6.10 Å². The molecular formula is C16H25ClN2O2. The average molecular weight is 313 g/mol. The van der Waals surface area contributed by atoms with Gasteiger partial charge in [0.25, 0.3) is 5.91 Å². The summed E-state index contributed by atoms with van der Waals surface area (Å²) < 4.78 is 5.62. The highest BCUT2D eigenvalue weighted by atomic mass is 35.5. The third-order valence-corrected chi connectivity index (χ3v) is 3.42. The van der Waals surface area contributed by atoms with Crippen LogP contribution in [0.4, 0.5) is 0 Å². The largest absolute Gasteiger partial charge is 0.479 e. The third kappa shape index (κ3) is 6.36. The van der Waals surface area contributed by atoms with Crippen LogP contribution in [0.25, 0.3) is 0 Å². The second-order valence-corrected chi connectivity index (χ2v) is 5.94. The number of carbonyl (C=O) groups excluding carboxylic acids is 1. The zero-order valence-corrected chi connectivity index (χ0v) is 13.7. The van der Waals surface area contributed by atoms with Gasteiger partial charge < -0.3 is 15.8 Å². The molecule has 0 aliphatic rings. The first-order valence-electron chi connectivity index (χ1n) is 7.37. The van der Waals surface area contributed by atoms with E-state index in [0.717, 1.165) is 18.4 Å². The van der Waals surface area contributed by atoms with Crippen LogP contribution in [0.2, 0.25) is 5.02 Å². The molecule has 21 heavy (non-hydrogen) atoms. The summed E-state index contributed by atoms with van der Waals surface area (Å²) in [6.45, 7) is 7.19. The predicted molar refractivity (Wildman–Crippen MR) is 86.8 cm³/mol. The normalized spacial score (nSPS) is 12.3. The molecule has 0 radical (unpaired) electrons. The van der Waals surface area contributed by atoms with E-state index >= 15 is 0 Å². The monoisotopic (exact) mass is 312 g/mol. The molecule has 0 fully saturated rings. The number of rotatable bonds is 8. The summed E-state index contributed by atoms with van der Waals surface area (Å²) >= 11 is 6.16. The van der Waals surface area contributed by atoms with E-state index in [1.54, 1.807) is 13.0 Å². The van der Waals surface area contributed by atoms with Crippen LogP contribution in [0.5, 0.6) is 5.75 Å². The molecule has 0 spiro atoms. The first kappa shape index (κ1) is 17.8. The second kappa shape index (κ2) is 8.90. The van der Waals surface area contributed by atoms with E-state index in [-0.39, 0.29) is 5.91 Å². The molecule has 1 aromatic carbocycles. The van der Waals surface area contributed by atoms with Gasteiger partial charge in [-0.3, -0.25) is 4.79 Å². The SMILES string of the molecule is CC(C)CCNC(=O)C(C)Oc1ccc(CCN)cc1Cl. The van der Waals surface area contributed by atoms with E-state index in [1.807, 2.05) is 12.1 Å². The minimum absolute atomic E-state index is 0.127. The summed E-state index contributed by atoms with van der Waals surface area (Å²) in [5, 5.41) is 3.36. The van der Waals surface area contributed by atoms with Crippen LogP contribution in [0.1, 0.15) is 32.8 Å². The lowest BCUT2D eigenvalue weighted by molar-refractivity contribution is -0.127. The number of ether oxygens (including phenoxy) is 1. The number of benzene rings is 1. The molecule has 0 saturated carbocycles. The standard InChI is InChI=1S/C16H25ClN2O2/c1-11(2)7-9-19-16(20)12(3)21-15-5-4-13(6-8-18)10-14(15)17/h4-5,10-12H,6-9,18H2,1-3H3,(H,19,20). The van der Waals surface area contributed by atoms with Crippen molar-refractivity contribution in [3.8, 4) is 5.75 Å². The van der Waals surface area contributed by atoms with Gasteiger partial charge in [-0.1, -0.05) is 31.5 Å². The Morgan fingerprint density at radius 1 is 1.38 bits per heavy atom. The third-order valence-electron chi connectivity index (χ3n) is 3.12. The van der Waals surface area contributed by atoms with Crippen molar-refractivity contribution in [2.24, 2.45) is 11.7 Å². The number of hydrogen-bond donors (Lipinski definition) is 2. The molecular weight excluding hydrogens is 288 g/mol. The second-order valence-electron chi connectivity index (χ2n) is 5.54. The molecule has 0 aliphatic heterocycles. The maximum absolute atomic E-state index is 11.9. The zero-order chi connectivity index (χ0) is 15.8. The van der Waals surface area contributed by atoms with Crippen molar-refractivity contribution in [1.29, 1.82) is 0 Å². The summed E-state index contributed by atoms with van der Waals surface area (Å²) in [6, 6.07) is 5.52. The number of hydrogen-bond acceptors (Lipinski definition) is 3. The van der Waals surface area contributed by atoms with Gasteiger partial charge in [0, 0.05) is 6.54 Å². The van der Waals surface area contributed by atoms with Crippen LogP contribution < -0.4 is 15.8 Å². The number of nitrogens with two attached hydrogens (primary N) is 1. The lowest BCUT2D eigenvalue weighted by Gasteiger charge is -2.16. The van der Waals surface area contributed by atoms with Crippen molar-refractivity contribution in [2.45, 2.75) is 39.7 Å². The molecule has 4 nitrogen and oxygen atoms in total. The molecule has 0 aromatic heterocycles. The zero-order valence-electron chi connectivity index (χ0n) is 13.0. The van der Waals surface area contributed by atoms with Crippen LogP contribution in [0, 0.1) is 5.92 Å². The highest BCUT2D eigenvalue weighted by Crippen LogP contribution is 2.26. The van der Waals surface area contributed by atoms with Crippen molar-refractivity contribution < 1.29 is 9.53 Å². The Hall–Kier alpha value is -1.26. The van der Waals surface area contributed by atoms with Gasteiger partial charge in [0.1, 0.15) is 5.75 Å². The van der Waals surface area contributed by atoms with Crippen LogP contribution >= 0.6 is 11.6 Å². The van der Waals surface area contributed by atoms with Crippen LogP contribution in [0.3, 0.4) is 0 Å². The Kier molecular flexibility index (Phi) is 7.54. The minimum atomic E-state index is -0.574. The summed E-state index contributed by atoms with van der Waals surface area (Å²) in [6.07, 6.45) is 1.15. The maximum atomic E-state index is 11.9. The Balaban J connectivity index is 2.53. The summed E-state index contributed by atoms with van der Waals surface area (Å²) in [4.78, 5) is 11.9. The number of nitrogens with one attached hydrogen (secondary N) is 1. The van der Waals surface area contributed by atoms with Gasteiger partial charge in [-0.2, -0.15) is 0 Å². The molecule has 0 aliphatic carbocycles. The van der Waals surface area contributed by atoms with Gasteiger partial charge in [-0.25, -0.2) is 0 Å². The molecule has 0 bridgehead atoms. The van der Waals surface area contributed by atoms with Crippen molar-refractivity contribution >= 4 is 17.5 Å². The summed E-state index contributed by atoms with van der Waals surface area (Å²) in [7, 11) is 0. The Morgan fingerprint density at radius 2 is 2.10 bits per heavy atom. The Labute approximate surface area is 132 Å². The first-order valence-corrected chi connectivity index (χ1v) is 7.74. The van der Waals surface area contributed by atoms with Crippen molar-refractivity contribution in [2.75, 3.05) is 13.1 Å². The van der Waals surface area contributed by atoms with Crippen LogP contribution in [0.15, 0.2) is 18.2 Å². The maximum Gasteiger partial charge on any atom is 0.260 e. The van der Waals surface area contributed by atoms with Gasteiger partial charge in [-0.15, -0.1) is 0 Å². The molecule has 1 atom stereocenters. The van der Waals surface area contributed by atoms with Gasteiger partial charge >= 0.3 is 0 Å². The molecule has 0 heterocycles. The highest BCUT2D eigenvalue weighted by molar-refractivity contribution is 6.32. The van der Waals surface area contributed by atoms with Crippen molar-refractivity contribution in [3.05, 3.63) is 28.8 Å². The van der Waals surface area contributed by atoms with Crippen LogP contribution in [-0.2, 0) is 11.2 Å². The van der Waals surface area contributed by atoms with Crippen molar-refractivity contribution in [3.63, 3.8) is 0 Å². The topological polar surface area (TPSA) is 64.3 Å². The lowest BCUT2D eigenvalue weighted by atomic mass is 10.1. The molecule has 0 saturated heterocycles. The predicted octanol–water partition coefficient (Wildman–Crippen LogP) is 2.77. The molecule has 3 N–H and O–H groups in total. The van der Waals surface area contributed by atoms with E-state index in [2.05, 4.69) is 19.2 Å².